The molecule has 0 spiro atoms. The molecular weight excluding hydrogens is 238 g/mol. The van der Waals surface area contributed by atoms with E-state index in [4.69, 9.17) is 9.47 Å². The summed E-state index contributed by atoms with van der Waals surface area (Å²) < 4.78 is 11.0. The fraction of sp³-hybridized carbons (Fsp3) is 0.625. The Kier molecular flexibility index (Phi) is 5.23. The molecule has 0 amide bonds. The van der Waals surface area contributed by atoms with Crippen LogP contribution in [0.15, 0.2) is 24.3 Å². The fourth-order valence-corrected chi connectivity index (χ4v) is 2.68. The molecule has 1 heterocycles. The maximum Gasteiger partial charge on any atom is 0.119 e. The number of rotatable bonds is 5. The van der Waals surface area contributed by atoms with E-state index in [0.29, 0.717) is 18.2 Å². The van der Waals surface area contributed by atoms with Crippen molar-refractivity contribution in [3.05, 3.63) is 29.8 Å². The molecule has 1 fully saturated rings. The molecular formula is C16H25NO2. The predicted molar refractivity (Wildman–Crippen MR) is 77.6 cm³/mol. The van der Waals surface area contributed by atoms with Crippen LogP contribution in [0, 0.1) is 0 Å². The zero-order valence-electron chi connectivity index (χ0n) is 12.2. The van der Waals surface area contributed by atoms with Crippen molar-refractivity contribution in [1.82, 2.24) is 5.32 Å². The molecule has 1 saturated heterocycles. The first-order valence-corrected chi connectivity index (χ1v) is 7.24. The highest BCUT2D eigenvalue weighted by molar-refractivity contribution is 5.30. The molecule has 1 aromatic rings. The summed E-state index contributed by atoms with van der Waals surface area (Å²) in [5, 5.41) is 3.72. The molecule has 1 aromatic carbocycles. The van der Waals surface area contributed by atoms with Gasteiger partial charge in [0.1, 0.15) is 5.75 Å². The van der Waals surface area contributed by atoms with Crippen LogP contribution in [0.5, 0.6) is 5.75 Å². The van der Waals surface area contributed by atoms with E-state index in [2.05, 4.69) is 31.3 Å². The first kappa shape index (κ1) is 14.4. The third-order valence-corrected chi connectivity index (χ3v) is 3.90. The van der Waals surface area contributed by atoms with Crippen molar-refractivity contribution in [1.29, 1.82) is 0 Å². The molecule has 0 aliphatic carbocycles. The van der Waals surface area contributed by atoms with Crippen LogP contribution in [0.1, 0.15) is 44.7 Å². The number of hydrogen-bond donors (Lipinski definition) is 1. The molecule has 1 aliphatic rings. The summed E-state index contributed by atoms with van der Waals surface area (Å²) >= 11 is 0. The Morgan fingerprint density at radius 2 is 2.32 bits per heavy atom. The van der Waals surface area contributed by atoms with Gasteiger partial charge in [-0.3, -0.25) is 0 Å². The lowest BCUT2D eigenvalue weighted by molar-refractivity contribution is -0.00165. The number of methoxy groups -OCH3 is 1. The molecule has 3 atom stereocenters. The Balaban J connectivity index is 1.94. The molecule has 0 bridgehead atoms. The Labute approximate surface area is 116 Å². The van der Waals surface area contributed by atoms with E-state index >= 15 is 0 Å². The lowest BCUT2D eigenvalue weighted by atomic mass is 9.99. The quantitative estimate of drug-likeness (QED) is 0.884. The van der Waals surface area contributed by atoms with Gasteiger partial charge in [-0.25, -0.2) is 0 Å². The van der Waals surface area contributed by atoms with E-state index in [1.54, 1.807) is 7.11 Å². The second-order valence-corrected chi connectivity index (χ2v) is 5.29. The van der Waals surface area contributed by atoms with Gasteiger partial charge in [0.25, 0.3) is 0 Å². The van der Waals surface area contributed by atoms with E-state index in [1.165, 1.54) is 5.56 Å². The summed E-state index contributed by atoms with van der Waals surface area (Å²) in [6, 6.07) is 9.18. The minimum atomic E-state index is 0.343. The van der Waals surface area contributed by atoms with Crippen molar-refractivity contribution in [2.75, 3.05) is 13.7 Å². The molecule has 3 heteroatoms. The van der Waals surface area contributed by atoms with Gasteiger partial charge in [-0.1, -0.05) is 19.1 Å². The molecule has 3 nitrogen and oxygen atoms in total. The number of ether oxygens (including phenoxy) is 2. The summed E-state index contributed by atoms with van der Waals surface area (Å²) in [7, 11) is 1.71. The smallest absolute Gasteiger partial charge is 0.119 e. The Morgan fingerprint density at radius 1 is 1.47 bits per heavy atom. The van der Waals surface area contributed by atoms with Gasteiger partial charge >= 0.3 is 0 Å². The van der Waals surface area contributed by atoms with Gasteiger partial charge in [0.2, 0.25) is 0 Å². The van der Waals surface area contributed by atoms with Crippen LogP contribution in [0.25, 0.3) is 0 Å². The van der Waals surface area contributed by atoms with E-state index in [9.17, 15) is 0 Å². The minimum absolute atomic E-state index is 0.343. The van der Waals surface area contributed by atoms with Crippen LogP contribution in [0.2, 0.25) is 0 Å². The van der Waals surface area contributed by atoms with Crippen LogP contribution in [0.3, 0.4) is 0 Å². The lowest BCUT2D eigenvalue weighted by Gasteiger charge is -2.32. The highest BCUT2D eigenvalue weighted by Crippen LogP contribution is 2.22. The third kappa shape index (κ3) is 3.95. The molecule has 19 heavy (non-hydrogen) atoms. The second-order valence-electron chi connectivity index (χ2n) is 5.29. The molecule has 2 rings (SSSR count). The average Bonchev–Trinajstić information content (AvgIpc) is 2.47. The van der Waals surface area contributed by atoms with E-state index in [1.807, 2.05) is 12.1 Å². The van der Waals surface area contributed by atoms with Crippen LogP contribution >= 0.6 is 0 Å². The second kappa shape index (κ2) is 6.92. The van der Waals surface area contributed by atoms with Crippen molar-refractivity contribution < 1.29 is 9.47 Å². The van der Waals surface area contributed by atoms with Gasteiger partial charge in [-0.15, -0.1) is 0 Å². The monoisotopic (exact) mass is 263 g/mol. The number of benzene rings is 1. The van der Waals surface area contributed by atoms with Gasteiger partial charge < -0.3 is 14.8 Å². The van der Waals surface area contributed by atoms with E-state index in [-0.39, 0.29) is 0 Å². The lowest BCUT2D eigenvalue weighted by Crippen LogP contribution is -2.39. The van der Waals surface area contributed by atoms with Gasteiger partial charge in [0, 0.05) is 18.7 Å². The standard InChI is InChI=1S/C16H25NO2/c1-4-15-11-14(8-9-19-15)17-12(2)13-6-5-7-16(10-13)18-3/h5-7,10,12,14-15,17H,4,8-9,11H2,1-3H3/t12-,14?,15?/m0/s1. The maximum absolute atomic E-state index is 5.72. The zero-order valence-corrected chi connectivity index (χ0v) is 12.2. The summed E-state index contributed by atoms with van der Waals surface area (Å²) in [5.74, 6) is 0.921. The Morgan fingerprint density at radius 3 is 3.05 bits per heavy atom. The molecule has 1 N–H and O–H groups in total. The number of nitrogens with one attached hydrogen (secondary N) is 1. The first-order chi connectivity index (χ1) is 9.22. The summed E-state index contributed by atoms with van der Waals surface area (Å²) in [6.45, 7) is 5.28. The molecule has 106 valence electrons. The van der Waals surface area contributed by atoms with Crippen LogP contribution in [-0.4, -0.2) is 25.9 Å². The highest BCUT2D eigenvalue weighted by Gasteiger charge is 2.22. The molecule has 0 saturated carbocycles. The van der Waals surface area contributed by atoms with Gasteiger partial charge in [0.05, 0.1) is 13.2 Å². The van der Waals surface area contributed by atoms with Crippen LogP contribution in [0.4, 0.5) is 0 Å². The molecule has 1 aliphatic heterocycles. The van der Waals surface area contributed by atoms with Crippen molar-refractivity contribution in [2.45, 2.75) is 51.3 Å². The largest absolute Gasteiger partial charge is 0.497 e. The van der Waals surface area contributed by atoms with Crippen LogP contribution < -0.4 is 10.1 Å². The SMILES string of the molecule is CCC1CC(N[C@@H](C)c2cccc(OC)c2)CCO1. The van der Waals surface area contributed by atoms with E-state index in [0.717, 1.165) is 31.6 Å². The van der Waals surface area contributed by atoms with Crippen LogP contribution in [-0.2, 0) is 4.74 Å². The van der Waals surface area contributed by atoms with Crippen molar-refractivity contribution in [3.8, 4) is 5.75 Å². The van der Waals surface area contributed by atoms with Gasteiger partial charge in [-0.2, -0.15) is 0 Å². The Hall–Kier alpha value is -1.06. The van der Waals surface area contributed by atoms with Crippen molar-refractivity contribution in [3.63, 3.8) is 0 Å². The molecule has 0 aromatic heterocycles. The summed E-state index contributed by atoms with van der Waals surface area (Å²) in [5.41, 5.74) is 1.28. The van der Waals surface area contributed by atoms with Crippen molar-refractivity contribution in [2.24, 2.45) is 0 Å². The van der Waals surface area contributed by atoms with E-state index < -0.39 is 0 Å². The Bertz CT molecular complexity index is 394. The van der Waals surface area contributed by atoms with Gasteiger partial charge in [-0.05, 0) is 43.9 Å². The summed E-state index contributed by atoms with van der Waals surface area (Å²) in [4.78, 5) is 0. The molecule has 0 radical (unpaired) electrons. The normalized spacial score (nSPS) is 25.0. The minimum Gasteiger partial charge on any atom is -0.497 e. The zero-order chi connectivity index (χ0) is 13.7. The predicted octanol–water partition coefficient (Wildman–Crippen LogP) is 3.30. The fourth-order valence-electron chi connectivity index (χ4n) is 2.68. The average molecular weight is 263 g/mol. The highest BCUT2D eigenvalue weighted by atomic mass is 16.5. The van der Waals surface area contributed by atoms with Gasteiger partial charge in [0.15, 0.2) is 0 Å². The van der Waals surface area contributed by atoms with Crippen molar-refractivity contribution >= 4 is 0 Å². The summed E-state index contributed by atoms with van der Waals surface area (Å²) in [6.07, 6.45) is 3.74. The third-order valence-electron chi connectivity index (χ3n) is 3.90. The molecule has 2 unspecified atom stereocenters. The number of hydrogen-bond acceptors (Lipinski definition) is 3. The first-order valence-electron chi connectivity index (χ1n) is 7.24. The maximum atomic E-state index is 5.72. The topological polar surface area (TPSA) is 30.5 Å².